The van der Waals surface area contributed by atoms with Crippen LogP contribution in [0.15, 0.2) is 18.2 Å². The summed E-state index contributed by atoms with van der Waals surface area (Å²) in [5.74, 6) is -2.70. The molecular formula is C6H5F2O4P. The van der Waals surface area contributed by atoms with Gasteiger partial charge in [0.25, 0.3) is 0 Å². The fourth-order valence-corrected chi connectivity index (χ4v) is 1.08. The van der Waals surface area contributed by atoms with Gasteiger partial charge in [-0.25, -0.2) is 13.3 Å². The second kappa shape index (κ2) is 3.41. The second-order valence-corrected chi connectivity index (χ2v) is 3.32. The van der Waals surface area contributed by atoms with Crippen LogP contribution in [0.5, 0.6) is 5.75 Å². The zero-order chi connectivity index (χ0) is 10.1. The highest BCUT2D eigenvalue weighted by Gasteiger charge is 2.18. The van der Waals surface area contributed by atoms with Crippen LogP contribution >= 0.6 is 7.82 Å². The average molecular weight is 210 g/mol. The summed E-state index contributed by atoms with van der Waals surface area (Å²) in [7, 11) is -4.79. The number of phosphoric acid groups is 1. The summed E-state index contributed by atoms with van der Waals surface area (Å²) in [6.45, 7) is 0. The zero-order valence-corrected chi connectivity index (χ0v) is 7.04. The van der Waals surface area contributed by atoms with Crippen LogP contribution in [0.25, 0.3) is 0 Å². The van der Waals surface area contributed by atoms with Crippen molar-refractivity contribution in [3.05, 3.63) is 29.8 Å². The van der Waals surface area contributed by atoms with Gasteiger partial charge in [0.15, 0.2) is 11.6 Å². The lowest BCUT2D eigenvalue weighted by atomic mass is 10.3. The molecule has 4 nitrogen and oxygen atoms in total. The third-order valence-corrected chi connectivity index (χ3v) is 1.55. The van der Waals surface area contributed by atoms with Crippen molar-refractivity contribution in [2.24, 2.45) is 0 Å². The molecule has 0 spiro atoms. The van der Waals surface area contributed by atoms with Gasteiger partial charge in [0.05, 0.1) is 0 Å². The molecule has 0 amide bonds. The van der Waals surface area contributed by atoms with E-state index in [1.54, 1.807) is 0 Å². The van der Waals surface area contributed by atoms with Crippen LogP contribution in [0.2, 0.25) is 0 Å². The molecule has 0 aromatic heterocycles. The summed E-state index contributed by atoms with van der Waals surface area (Å²) in [5, 5.41) is 0. The Morgan fingerprint density at radius 3 is 2.38 bits per heavy atom. The predicted molar refractivity (Wildman–Crippen MR) is 39.0 cm³/mol. The number of rotatable bonds is 2. The Bertz CT molecular complexity index is 362. The number of hydrogen-bond acceptors (Lipinski definition) is 2. The lowest BCUT2D eigenvalue weighted by Gasteiger charge is -2.06. The Labute approximate surface area is 72.0 Å². The molecule has 0 aliphatic carbocycles. The van der Waals surface area contributed by atoms with Gasteiger partial charge in [-0.3, -0.25) is 9.79 Å². The lowest BCUT2D eigenvalue weighted by Crippen LogP contribution is -1.93. The summed E-state index contributed by atoms with van der Waals surface area (Å²) in [4.78, 5) is 16.6. The van der Waals surface area contributed by atoms with E-state index in [1.807, 2.05) is 0 Å². The van der Waals surface area contributed by atoms with Crippen molar-refractivity contribution in [1.29, 1.82) is 0 Å². The first-order valence-corrected chi connectivity index (χ1v) is 4.62. The van der Waals surface area contributed by atoms with Gasteiger partial charge in [-0.05, 0) is 12.1 Å². The second-order valence-electron chi connectivity index (χ2n) is 2.16. The van der Waals surface area contributed by atoms with E-state index in [1.165, 1.54) is 0 Å². The van der Waals surface area contributed by atoms with Crippen molar-refractivity contribution in [1.82, 2.24) is 0 Å². The van der Waals surface area contributed by atoms with E-state index in [2.05, 4.69) is 4.52 Å². The molecule has 0 radical (unpaired) electrons. The topological polar surface area (TPSA) is 66.8 Å². The van der Waals surface area contributed by atoms with Crippen LogP contribution in [0.3, 0.4) is 0 Å². The predicted octanol–water partition coefficient (Wildman–Crippen LogP) is 1.44. The molecule has 0 fully saturated rings. The third-order valence-electron chi connectivity index (χ3n) is 1.11. The largest absolute Gasteiger partial charge is 0.524 e. The van der Waals surface area contributed by atoms with E-state index in [4.69, 9.17) is 9.79 Å². The van der Waals surface area contributed by atoms with Crippen LogP contribution in [0.4, 0.5) is 8.78 Å². The van der Waals surface area contributed by atoms with Crippen molar-refractivity contribution < 1.29 is 27.7 Å². The minimum absolute atomic E-state index is 0.463. The van der Waals surface area contributed by atoms with Gasteiger partial charge in [-0.15, -0.1) is 0 Å². The van der Waals surface area contributed by atoms with Crippen molar-refractivity contribution in [2.75, 3.05) is 0 Å². The molecule has 1 rings (SSSR count). The van der Waals surface area contributed by atoms with Gasteiger partial charge < -0.3 is 4.52 Å². The number of phosphoric ester groups is 1. The van der Waals surface area contributed by atoms with Crippen molar-refractivity contribution in [3.8, 4) is 5.75 Å². The molecule has 0 aliphatic heterocycles. The van der Waals surface area contributed by atoms with E-state index in [0.717, 1.165) is 12.1 Å². The normalized spacial score (nSPS) is 11.4. The molecular weight excluding hydrogens is 205 g/mol. The minimum atomic E-state index is -4.79. The molecule has 0 saturated carbocycles. The monoisotopic (exact) mass is 210 g/mol. The molecule has 0 heterocycles. The summed E-state index contributed by atoms with van der Waals surface area (Å²) in [6.07, 6.45) is 0. The summed E-state index contributed by atoms with van der Waals surface area (Å²) in [6, 6.07) is 2.09. The van der Waals surface area contributed by atoms with Gasteiger partial charge in [-0.2, -0.15) is 0 Å². The first kappa shape index (κ1) is 10.1. The molecule has 0 atom stereocenters. The van der Waals surface area contributed by atoms with Gasteiger partial charge >= 0.3 is 7.82 Å². The van der Waals surface area contributed by atoms with Crippen molar-refractivity contribution in [2.45, 2.75) is 0 Å². The average Bonchev–Trinajstić information content (AvgIpc) is 1.93. The molecule has 7 heteroatoms. The first-order valence-electron chi connectivity index (χ1n) is 3.09. The molecule has 72 valence electrons. The van der Waals surface area contributed by atoms with E-state index in [9.17, 15) is 13.3 Å². The van der Waals surface area contributed by atoms with Crippen LogP contribution in [0, 0.1) is 11.6 Å². The van der Waals surface area contributed by atoms with Crippen LogP contribution in [-0.4, -0.2) is 9.79 Å². The zero-order valence-electron chi connectivity index (χ0n) is 6.15. The van der Waals surface area contributed by atoms with Crippen LogP contribution in [-0.2, 0) is 4.57 Å². The third kappa shape index (κ3) is 3.10. The Hall–Kier alpha value is -0.970. The number of hydrogen-bond donors (Lipinski definition) is 2. The van der Waals surface area contributed by atoms with Crippen LogP contribution < -0.4 is 4.52 Å². The molecule has 1 aromatic rings. The lowest BCUT2D eigenvalue weighted by molar-refractivity contribution is 0.278. The fraction of sp³-hybridized carbons (Fsp3) is 0. The number of halogens is 2. The fourth-order valence-electron chi connectivity index (χ4n) is 0.677. The molecule has 0 saturated heterocycles. The van der Waals surface area contributed by atoms with Crippen LogP contribution in [0.1, 0.15) is 0 Å². The van der Waals surface area contributed by atoms with Gasteiger partial charge in [0.1, 0.15) is 5.82 Å². The van der Waals surface area contributed by atoms with E-state index >= 15 is 0 Å². The van der Waals surface area contributed by atoms with Gasteiger partial charge in [0.2, 0.25) is 0 Å². The summed E-state index contributed by atoms with van der Waals surface area (Å²) >= 11 is 0. The quantitative estimate of drug-likeness (QED) is 0.724. The Morgan fingerprint density at radius 2 is 1.92 bits per heavy atom. The molecule has 13 heavy (non-hydrogen) atoms. The Morgan fingerprint density at radius 1 is 1.31 bits per heavy atom. The maximum absolute atomic E-state index is 12.7. The van der Waals surface area contributed by atoms with Gasteiger partial charge in [0, 0.05) is 6.07 Å². The Kier molecular flexibility index (Phi) is 2.66. The maximum atomic E-state index is 12.7. The molecule has 0 unspecified atom stereocenters. The van der Waals surface area contributed by atoms with Gasteiger partial charge in [-0.1, -0.05) is 0 Å². The summed E-state index contributed by atoms with van der Waals surface area (Å²) < 4.78 is 39.1. The maximum Gasteiger partial charge on any atom is 0.524 e. The molecule has 1 aromatic carbocycles. The van der Waals surface area contributed by atoms with E-state index in [-0.39, 0.29) is 0 Å². The molecule has 2 N–H and O–H groups in total. The summed E-state index contributed by atoms with van der Waals surface area (Å²) in [5.41, 5.74) is 0. The SMILES string of the molecule is O=P(O)(O)Oc1ccc(F)cc1F. The highest BCUT2D eigenvalue weighted by Crippen LogP contribution is 2.38. The molecule has 0 bridgehead atoms. The van der Waals surface area contributed by atoms with E-state index in [0.29, 0.717) is 6.07 Å². The standard InChI is InChI=1S/C6H5F2O4P/c7-4-1-2-6(5(8)3-4)12-13(9,10)11/h1-3H,(H2,9,10,11). The smallest absolute Gasteiger partial charge is 0.401 e. The molecule has 0 aliphatic rings. The highest BCUT2D eigenvalue weighted by atomic mass is 31.2. The van der Waals surface area contributed by atoms with E-state index < -0.39 is 25.2 Å². The Balaban J connectivity index is 2.97. The minimum Gasteiger partial charge on any atom is -0.401 e. The number of benzene rings is 1. The van der Waals surface area contributed by atoms with Crippen molar-refractivity contribution in [3.63, 3.8) is 0 Å². The first-order chi connectivity index (χ1) is 5.88. The van der Waals surface area contributed by atoms with Crippen molar-refractivity contribution >= 4 is 7.82 Å². The highest BCUT2D eigenvalue weighted by molar-refractivity contribution is 7.46.